The SMILES string of the molecule is CC(C)NC(=O)C(=O)[C@H](C[C@@H]1CCNC1=O)NC(=O)[C@@H]1[C@@H]2C(CN1C(=O)c1cc3ccccc3[nH]1)C2(C)C. The van der Waals surface area contributed by atoms with Gasteiger partial charge in [-0.3, -0.25) is 24.0 Å². The number of para-hydroxylation sites is 1. The summed E-state index contributed by atoms with van der Waals surface area (Å²) in [6, 6.07) is 7.15. The zero-order valence-corrected chi connectivity index (χ0v) is 22.2. The van der Waals surface area contributed by atoms with Crippen molar-refractivity contribution in [3.63, 3.8) is 0 Å². The number of likely N-dealkylation sites (tertiary alicyclic amines) is 1. The highest BCUT2D eigenvalue weighted by molar-refractivity contribution is 6.38. The van der Waals surface area contributed by atoms with Crippen LogP contribution in [0.5, 0.6) is 0 Å². The Morgan fingerprint density at radius 3 is 2.53 bits per heavy atom. The van der Waals surface area contributed by atoms with Crippen LogP contribution in [0, 0.1) is 23.2 Å². The summed E-state index contributed by atoms with van der Waals surface area (Å²) in [5.41, 5.74) is 1.10. The van der Waals surface area contributed by atoms with Crippen LogP contribution in [0.2, 0.25) is 0 Å². The number of hydrogen-bond donors (Lipinski definition) is 4. The van der Waals surface area contributed by atoms with E-state index in [2.05, 4.69) is 34.8 Å². The number of piperidine rings is 1. The summed E-state index contributed by atoms with van der Waals surface area (Å²) in [5, 5.41) is 9.01. The third-order valence-corrected chi connectivity index (χ3v) is 8.46. The van der Waals surface area contributed by atoms with Gasteiger partial charge in [0.05, 0.1) is 6.04 Å². The molecule has 2 saturated heterocycles. The lowest BCUT2D eigenvalue weighted by Crippen LogP contribution is -2.56. The molecule has 1 aromatic heterocycles. The number of amides is 4. The molecule has 0 bridgehead atoms. The van der Waals surface area contributed by atoms with E-state index in [0.717, 1.165) is 10.9 Å². The number of carbonyl (C=O) groups is 5. The van der Waals surface area contributed by atoms with Crippen LogP contribution in [0.1, 0.15) is 51.0 Å². The molecule has 5 atom stereocenters. The van der Waals surface area contributed by atoms with Gasteiger partial charge in [0.15, 0.2) is 0 Å². The van der Waals surface area contributed by atoms with E-state index in [-0.39, 0.29) is 41.5 Å². The predicted octanol–water partition coefficient (Wildman–Crippen LogP) is 1.37. The summed E-state index contributed by atoms with van der Waals surface area (Å²) < 4.78 is 0. The van der Waals surface area contributed by atoms with Gasteiger partial charge in [-0.1, -0.05) is 32.0 Å². The number of rotatable bonds is 8. The molecule has 3 heterocycles. The topological polar surface area (TPSA) is 140 Å². The van der Waals surface area contributed by atoms with Gasteiger partial charge in [-0.15, -0.1) is 0 Å². The zero-order chi connectivity index (χ0) is 27.4. The summed E-state index contributed by atoms with van der Waals surface area (Å²) in [4.78, 5) is 70.1. The van der Waals surface area contributed by atoms with Gasteiger partial charge in [0.25, 0.3) is 11.8 Å². The van der Waals surface area contributed by atoms with E-state index in [1.807, 2.05) is 24.3 Å². The normalized spacial score (nSPS) is 26.1. The first-order valence-corrected chi connectivity index (χ1v) is 13.3. The molecule has 202 valence electrons. The van der Waals surface area contributed by atoms with Crippen LogP contribution in [0.15, 0.2) is 30.3 Å². The first-order valence-electron chi connectivity index (χ1n) is 13.3. The molecule has 1 saturated carbocycles. The van der Waals surface area contributed by atoms with E-state index >= 15 is 0 Å². The number of nitrogens with zero attached hydrogens (tertiary/aromatic N) is 1. The Balaban J connectivity index is 1.39. The monoisotopic (exact) mass is 521 g/mol. The van der Waals surface area contributed by atoms with Gasteiger partial charge in [0.2, 0.25) is 17.6 Å². The van der Waals surface area contributed by atoms with E-state index in [4.69, 9.17) is 0 Å². The molecule has 0 spiro atoms. The molecule has 2 aliphatic heterocycles. The van der Waals surface area contributed by atoms with Crippen molar-refractivity contribution in [1.82, 2.24) is 25.8 Å². The molecule has 2 aromatic rings. The van der Waals surface area contributed by atoms with Gasteiger partial charge in [-0.25, -0.2) is 0 Å². The number of aromatic nitrogens is 1. The molecule has 1 aliphatic carbocycles. The highest BCUT2D eigenvalue weighted by Crippen LogP contribution is 2.65. The minimum absolute atomic E-state index is 0.0299. The fourth-order valence-corrected chi connectivity index (χ4v) is 6.27. The van der Waals surface area contributed by atoms with E-state index in [1.165, 1.54) is 0 Å². The molecule has 4 N–H and O–H groups in total. The number of Topliss-reactive ketones (excluding diaryl/α,β-unsaturated/α-hetero) is 1. The molecule has 1 aromatic carbocycles. The summed E-state index contributed by atoms with van der Waals surface area (Å²) in [6.07, 6.45) is 0.554. The molecule has 1 unspecified atom stereocenters. The summed E-state index contributed by atoms with van der Waals surface area (Å²) in [5.74, 6) is -2.91. The lowest BCUT2D eigenvalue weighted by molar-refractivity contribution is -0.141. The average Bonchev–Trinajstić information content (AvgIpc) is 3.38. The maximum Gasteiger partial charge on any atom is 0.289 e. The molecule has 3 fully saturated rings. The first kappa shape index (κ1) is 25.9. The van der Waals surface area contributed by atoms with Crippen molar-refractivity contribution in [1.29, 1.82) is 0 Å². The van der Waals surface area contributed by atoms with Gasteiger partial charge >= 0.3 is 0 Å². The van der Waals surface area contributed by atoms with E-state index in [9.17, 15) is 24.0 Å². The fraction of sp³-hybridized carbons (Fsp3) is 0.536. The lowest BCUT2D eigenvalue weighted by atomic mass is 9.94. The standard InChI is InChI=1S/C28H35N5O5/c1-14(2)30-26(37)23(34)19(12-16-9-10-29-24(16)35)32-25(36)22-21-17(28(21,3)4)13-33(22)27(38)20-11-15-7-5-6-8-18(15)31-20/h5-8,11,14,16-17,19,21-22,31H,9-10,12-13H2,1-4H3,(H,29,35)(H,30,37)(H,32,36)/t16-,17?,19-,21-,22-/m0/s1. The van der Waals surface area contributed by atoms with Crippen LogP contribution in [0.25, 0.3) is 10.9 Å². The van der Waals surface area contributed by atoms with Crippen LogP contribution in [0.3, 0.4) is 0 Å². The third kappa shape index (κ3) is 4.56. The molecular formula is C28H35N5O5. The Labute approximate surface area is 221 Å². The lowest BCUT2D eigenvalue weighted by Gasteiger charge is -2.31. The Bertz CT molecular complexity index is 1280. The summed E-state index contributed by atoms with van der Waals surface area (Å²) in [6.45, 7) is 8.56. The highest BCUT2D eigenvalue weighted by Gasteiger charge is 2.69. The van der Waals surface area contributed by atoms with Crippen molar-refractivity contribution < 1.29 is 24.0 Å². The Hall–Kier alpha value is -3.69. The largest absolute Gasteiger partial charge is 0.356 e. The fourth-order valence-electron chi connectivity index (χ4n) is 6.27. The summed E-state index contributed by atoms with van der Waals surface area (Å²) >= 11 is 0. The number of hydrogen-bond acceptors (Lipinski definition) is 5. The summed E-state index contributed by atoms with van der Waals surface area (Å²) in [7, 11) is 0. The molecule has 3 aliphatic rings. The molecule has 0 radical (unpaired) electrons. The van der Waals surface area contributed by atoms with Crippen molar-refractivity contribution in [2.75, 3.05) is 13.1 Å². The van der Waals surface area contributed by atoms with Gasteiger partial charge < -0.3 is 25.8 Å². The second-order valence-corrected chi connectivity index (χ2v) is 11.7. The number of carbonyl (C=O) groups excluding carboxylic acids is 5. The van der Waals surface area contributed by atoms with E-state index in [1.54, 1.807) is 24.8 Å². The van der Waals surface area contributed by atoms with Crippen LogP contribution in [0.4, 0.5) is 0 Å². The van der Waals surface area contributed by atoms with Crippen molar-refractivity contribution in [2.45, 2.75) is 58.7 Å². The van der Waals surface area contributed by atoms with Crippen LogP contribution in [-0.2, 0) is 19.2 Å². The smallest absolute Gasteiger partial charge is 0.289 e. The number of nitrogens with one attached hydrogen (secondary N) is 4. The van der Waals surface area contributed by atoms with Crippen LogP contribution >= 0.6 is 0 Å². The Morgan fingerprint density at radius 2 is 1.87 bits per heavy atom. The maximum atomic E-state index is 13.8. The Morgan fingerprint density at radius 1 is 1.13 bits per heavy atom. The predicted molar refractivity (Wildman–Crippen MR) is 140 cm³/mol. The van der Waals surface area contributed by atoms with Crippen molar-refractivity contribution in [3.8, 4) is 0 Å². The number of ketones is 1. The Kier molecular flexibility index (Phi) is 6.53. The number of aromatic amines is 1. The van der Waals surface area contributed by atoms with Crippen molar-refractivity contribution in [3.05, 3.63) is 36.0 Å². The maximum absolute atomic E-state index is 13.8. The van der Waals surface area contributed by atoms with E-state index < -0.39 is 35.6 Å². The number of H-pyrrole nitrogens is 1. The molecule has 4 amide bonds. The van der Waals surface area contributed by atoms with Gasteiger partial charge in [-0.05, 0) is 56.1 Å². The molecule has 5 rings (SSSR count). The second kappa shape index (κ2) is 9.56. The van der Waals surface area contributed by atoms with E-state index in [0.29, 0.717) is 25.2 Å². The minimum atomic E-state index is -1.17. The molecule has 10 nitrogen and oxygen atoms in total. The minimum Gasteiger partial charge on any atom is -0.356 e. The van der Waals surface area contributed by atoms with Crippen molar-refractivity contribution >= 4 is 40.3 Å². The number of fused-ring (bicyclic) bond motifs is 2. The van der Waals surface area contributed by atoms with Gasteiger partial charge in [-0.2, -0.15) is 0 Å². The van der Waals surface area contributed by atoms with Gasteiger partial charge in [0, 0.05) is 36.0 Å². The zero-order valence-electron chi connectivity index (χ0n) is 22.2. The average molecular weight is 522 g/mol. The second-order valence-electron chi connectivity index (χ2n) is 11.7. The number of benzene rings is 1. The van der Waals surface area contributed by atoms with Crippen molar-refractivity contribution in [2.24, 2.45) is 23.2 Å². The molecular weight excluding hydrogens is 486 g/mol. The van der Waals surface area contributed by atoms with Crippen LogP contribution in [-0.4, -0.2) is 70.5 Å². The van der Waals surface area contributed by atoms with Crippen LogP contribution < -0.4 is 16.0 Å². The molecule has 10 heteroatoms. The van der Waals surface area contributed by atoms with Gasteiger partial charge in [0.1, 0.15) is 11.7 Å². The third-order valence-electron chi connectivity index (χ3n) is 8.46. The first-order chi connectivity index (χ1) is 18.0. The molecule has 38 heavy (non-hydrogen) atoms. The highest BCUT2D eigenvalue weighted by atomic mass is 16.2. The quantitative estimate of drug-likeness (QED) is 0.389.